The van der Waals surface area contributed by atoms with Crippen LogP contribution in [0.3, 0.4) is 0 Å². The second kappa shape index (κ2) is 2.01. The van der Waals surface area contributed by atoms with Crippen molar-refractivity contribution in [2.45, 2.75) is 0 Å². The predicted molar refractivity (Wildman–Crippen MR) is 37.4 cm³/mol. The number of hydrogen-bond acceptors (Lipinski definition) is 3. The fraction of sp³-hybridized carbons (Fsp3) is 0. The van der Waals surface area contributed by atoms with E-state index in [2.05, 4.69) is 9.35 Å². The van der Waals surface area contributed by atoms with E-state index in [1.807, 2.05) is 18.2 Å². The Bertz CT molecular complexity index is 232. The maximum Gasteiger partial charge on any atom is 0.529 e. The first-order valence-electron chi connectivity index (χ1n) is 2.87. The van der Waals surface area contributed by atoms with E-state index in [0.29, 0.717) is 0 Å². The smallest absolute Gasteiger partial charge is 0.184 e. The molecule has 0 amide bonds. The summed E-state index contributed by atoms with van der Waals surface area (Å²) < 4.78 is 8.90. The third kappa shape index (κ3) is 0.935. The van der Waals surface area contributed by atoms with Gasteiger partial charge in [-0.15, -0.1) is 0 Å². The van der Waals surface area contributed by atoms with E-state index >= 15 is 0 Å². The van der Waals surface area contributed by atoms with Crippen LogP contribution in [0.4, 0.5) is 0 Å². The molecule has 52 valence electrons. The van der Waals surface area contributed by atoms with Gasteiger partial charge in [0.1, 0.15) is 0 Å². The Morgan fingerprint density at radius 2 is 1.70 bits per heavy atom. The molecule has 3 nitrogen and oxygen atoms in total. The van der Waals surface area contributed by atoms with Gasteiger partial charge in [0.15, 0.2) is 5.30 Å². The molecule has 1 aliphatic heterocycles. The minimum absolute atomic E-state index is 0.731. The van der Waals surface area contributed by atoms with Gasteiger partial charge in [0.2, 0.25) is 0 Å². The van der Waals surface area contributed by atoms with Gasteiger partial charge in [-0.25, -0.2) is 0 Å². The molecule has 2 rings (SSSR count). The predicted octanol–water partition coefficient (Wildman–Crippen LogP) is 1.03. The summed E-state index contributed by atoms with van der Waals surface area (Å²) in [5.41, 5.74) is 0. The van der Waals surface area contributed by atoms with Gasteiger partial charge in [0.25, 0.3) is 0 Å². The van der Waals surface area contributed by atoms with Crippen molar-refractivity contribution in [2.75, 3.05) is 0 Å². The molecule has 1 N–H and O–H groups in total. The van der Waals surface area contributed by atoms with Gasteiger partial charge in [-0.1, -0.05) is 18.2 Å². The van der Waals surface area contributed by atoms with Gasteiger partial charge in [0.05, 0.1) is 0 Å². The average Bonchev–Trinajstić information content (AvgIpc) is 2.72. The van der Waals surface area contributed by atoms with E-state index in [-0.39, 0.29) is 0 Å². The van der Waals surface area contributed by atoms with Crippen LogP contribution < -0.4 is 5.30 Å². The van der Waals surface area contributed by atoms with Gasteiger partial charge >= 0.3 is 7.94 Å². The molecule has 4 heteroatoms. The van der Waals surface area contributed by atoms with Crippen LogP contribution in [0.25, 0.3) is 0 Å². The highest BCUT2D eigenvalue weighted by atomic mass is 31.2. The third-order valence-electron chi connectivity index (χ3n) is 1.30. The Morgan fingerprint density at radius 1 is 1.10 bits per heavy atom. The van der Waals surface area contributed by atoms with E-state index in [1.54, 1.807) is 12.1 Å². The average molecular weight is 157 g/mol. The molecule has 0 unspecified atom stereocenters. The lowest BCUT2D eigenvalue weighted by Gasteiger charge is -1.85. The Balaban J connectivity index is 2.35. The molecular weight excluding hydrogens is 151 g/mol. The van der Waals surface area contributed by atoms with E-state index < -0.39 is 7.94 Å². The second-order valence-electron chi connectivity index (χ2n) is 2.01. The lowest BCUT2D eigenvalue weighted by molar-refractivity contribution is 0.0850. The van der Waals surface area contributed by atoms with Gasteiger partial charge in [-0.2, -0.15) is 4.89 Å². The van der Waals surface area contributed by atoms with Crippen molar-refractivity contribution in [3.05, 3.63) is 30.3 Å². The molecule has 0 radical (unpaired) electrons. The normalized spacial score (nSPS) is 20.5. The van der Waals surface area contributed by atoms with Gasteiger partial charge in [-0.05, 0) is 12.1 Å². The highest BCUT2D eigenvalue weighted by Crippen LogP contribution is 2.70. The van der Waals surface area contributed by atoms with Crippen LogP contribution in [-0.4, -0.2) is 4.89 Å². The maximum absolute atomic E-state index is 9.27. The minimum atomic E-state index is -2.52. The van der Waals surface area contributed by atoms with Crippen LogP contribution in [0, 0.1) is 0 Å². The summed E-state index contributed by atoms with van der Waals surface area (Å²) in [5.74, 6) is 0. The lowest BCUT2D eigenvalue weighted by atomic mass is 10.4. The summed E-state index contributed by atoms with van der Waals surface area (Å²) in [6.07, 6.45) is 0. The quantitative estimate of drug-likeness (QED) is 0.376. The Labute approximate surface area is 58.7 Å². The van der Waals surface area contributed by atoms with E-state index in [0.717, 1.165) is 5.30 Å². The van der Waals surface area contributed by atoms with Crippen LogP contribution in [0.1, 0.15) is 0 Å². The van der Waals surface area contributed by atoms with Crippen molar-refractivity contribution in [3.63, 3.8) is 0 Å². The molecule has 1 aromatic rings. The molecule has 0 bridgehead atoms. The fourth-order valence-electron chi connectivity index (χ4n) is 0.734. The highest BCUT2D eigenvalue weighted by molar-refractivity contribution is 7.72. The van der Waals surface area contributed by atoms with Crippen molar-refractivity contribution >= 4 is 13.2 Å². The monoisotopic (exact) mass is 157 g/mol. The molecule has 0 aliphatic carbocycles. The van der Waals surface area contributed by atoms with Crippen LogP contribution in [0.15, 0.2) is 30.3 Å². The molecule has 1 fully saturated rings. The summed E-state index contributed by atoms with van der Waals surface area (Å²) in [5, 5.41) is 0.731. The molecule has 1 aliphatic rings. The van der Waals surface area contributed by atoms with Crippen molar-refractivity contribution in [3.8, 4) is 0 Å². The van der Waals surface area contributed by atoms with Crippen LogP contribution in [0.2, 0.25) is 0 Å². The zero-order valence-corrected chi connectivity index (χ0v) is 5.99. The number of benzene rings is 1. The first-order valence-corrected chi connectivity index (χ1v) is 4.44. The topological polar surface area (TPSA) is 45.3 Å². The summed E-state index contributed by atoms with van der Waals surface area (Å²) in [4.78, 5) is 9.27. The number of rotatable bonds is 1. The van der Waals surface area contributed by atoms with E-state index in [1.165, 1.54) is 0 Å². The van der Waals surface area contributed by atoms with Crippen molar-refractivity contribution < 1.29 is 14.2 Å². The maximum atomic E-state index is 9.27. The number of hydrogen-bond donors (Lipinski definition) is 1. The third-order valence-corrected chi connectivity index (χ3v) is 2.68. The summed E-state index contributed by atoms with van der Waals surface area (Å²) >= 11 is 0. The van der Waals surface area contributed by atoms with E-state index in [9.17, 15) is 4.89 Å². The minimum Gasteiger partial charge on any atom is -0.184 e. The first-order chi connectivity index (χ1) is 4.81. The molecule has 1 saturated heterocycles. The highest BCUT2D eigenvalue weighted by Gasteiger charge is 2.65. The molecule has 10 heavy (non-hydrogen) atoms. The molecule has 0 aromatic heterocycles. The van der Waals surface area contributed by atoms with E-state index in [4.69, 9.17) is 0 Å². The standard InChI is InChI=1S/C6H6O3P/c7-10(8-9-10)6-4-2-1-3-5-6/h1-5,7H/q+1. The van der Waals surface area contributed by atoms with Gasteiger partial charge < -0.3 is 0 Å². The van der Waals surface area contributed by atoms with Gasteiger partial charge in [-0.3, -0.25) is 0 Å². The van der Waals surface area contributed by atoms with Crippen molar-refractivity contribution in [1.29, 1.82) is 0 Å². The Hall–Kier alpha value is -0.470. The van der Waals surface area contributed by atoms with Crippen LogP contribution in [0.5, 0.6) is 0 Å². The van der Waals surface area contributed by atoms with Crippen molar-refractivity contribution in [2.24, 2.45) is 0 Å². The molecule has 0 spiro atoms. The molecule has 0 atom stereocenters. The second-order valence-corrected chi connectivity index (χ2v) is 3.86. The van der Waals surface area contributed by atoms with Gasteiger partial charge in [0, 0.05) is 9.35 Å². The van der Waals surface area contributed by atoms with Crippen molar-refractivity contribution in [1.82, 2.24) is 0 Å². The fourth-order valence-corrected chi connectivity index (χ4v) is 1.71. The largest absolute Gasteiger partial charge is 0.529 e. The summed E-state index contributed by atoms with van der Waals surface area (Å²) in [6, 6.07) is 9.09. The Morgan fingerprint density at radius 3 is 2.20 bits per heavy atom. The molecule has 0 saturated carbocycles. The lowest BCUT2D eigenvalue weighted by Crippen LogP contribution is -1.97. The van der Waals surface area contributed by atoms with Crippen LogP contribution in [-0.2, 0) is 9.35 Å². The molecule has 1 aromatic carbocycles. The Kier molecular flexibility index (Phi) is 1.25. The zero-order chi connectivity index (χ0) is 7.03. The molecule has 1 heterocycles. The summed E-state index contributed by atoms with van der Waals surface area (Å²) in [6.45, 7) is 0. The molecular formula is C6H6O3P+. The summed E-state index contributed by atoms with van der Waals surface area (Å²) in [7, 11) is -2.52. The SMILES string of the molecule is O[P+]1(c2ccccc2)OO1. The zero-order valence-electron chi connectivity index (χ0n) is 5.10. The van der Waals surface area contributed by atoms with Crippen LogP contribution >= 0.6 is 7.94 Å². The first kappa shape index (κ1) is 6.25.